The van der Waals surface area contributed by atoms with Crippen LogP contribution < -0.4 is 5.32 Å². The zero-order valence-corrected chi connectivity index (χ0v) is 11.9. The number of methoxy groups -OCH3 is 1. The molecule has 0 bridgehead atoms. The average molecular weight is 328 g/mol. The summed E-state index contributed by atoms with van der Waals surface area (Å²) in [6.45, 7) is -0.194. The number of ether oxygens (including phenoxy) is 1. The van der Waals surface area contributed by atoms with Gasteiger partial charge in [-0.1, -0.05) is 34.8 Å². The van der Waals surface area contributed by atoms with Crippen LogP contribution in [0.4, 0.5) is 0 Å². The predicted molar refractivity (Wildman–Crippen MR) is 70.0 cm³/mol. The van der Waals surface area contributed by atoms with E-state index in [-0.39, 0.29) is 27.4 Å². The van der Waals surface area contributed by atoms with Gasteiger partial charge in [-0.25, -0.2) is 9.78 Å². The van der Waals surface area contributed by atoms with Gasteiger partial charge in [0.1, 0.15) is 5.69 Å². The van der Waals surface area contributed by atoms with Gasteiger partial charge in [-0.05, 0) is 0 Å². The Labute approximate surface area is 123 Å². The molecule has 19 heavy (non-hydrogen) atoms. The summed E-state index contributed by atoms with van der Waals surface area (Å²) in [7, 11) is 1.31. The molecule has 1 rings (SSSR count). The molecule has 1 heterocycles. The summed E-state index contributed by atoms with van der Waals surface area (Å²) in [5.74, 6) is -2.03. The van der Waals surface area contributed by atoms with Crippen molar-refractivity contribution >= 4 is 46.7 Å². The first kappa shape index (κ1) is 16.0. The molecule has 0 aliphatic rings. The number of carboxylic acids is 1. The average Bonchev–Trinajstić information content (AvgIpc) is 2.35. The largest absolute Gasteiger partial charge is 0.480 e. The maximum atomic E-state index is 11.8. The molecular formula is C10H9Cl3N2O4. The van der Waals surface area contributed by atoms with E-state index in [1.165, 1.54) is 7.11 Å². The van der Waals surface area contributed by atoms with Crippen LogP contribution in [0.25, 0.3) is 0 Å². The molecule has 0 aromatic carbocycles. The van der Waals surface area contributed by atoms with Gasteiger partial charge < -0.3 is 15.2 Å². The number of nitrogens with zero attached hydrogens (tertiary/aromatic N) is 1. The van der Waals surface area contributed by atoms with E-state index in [1.807, 2.05) is 0 Å². The van der Waals surface area contributed by atoms with Gasteiger partial charge in [0.05, 0.1) is 21.7 Å². The number of nitrogens with one attached hydrogen (secondary N) is 1. The van der Waals surface area contributed by atoms with Crippen LogP contribution in [-0.2, 0) is 9.53 Å². The predicted octanol–water partition coefficient (Wildman–Crippen LogP) is 1.87. The van der Waals surface area contributed by atoms with Crippen molar-refractivity contribution < 1.29 is 19.4 Å². The summed E-state index contributed by atoms with van der Waals surface area (Å²) in [4.78, 5) is 26.4. The van der Waals surface area contributed by atoms with E-state index >= 15 is 0 Å². The van der Waals surface area contributed by atoms with Crippen LogP contribution in [0.3, 0.4) is 0 Å². The maximum absolute atomic E-state index is 11.8. The van der Waals surface area contributed by atoms with Crippen LogP contribution in [-0.4, -0.2) is 41.7 Å². The second-order valence-corrected chi connectivity index (χ2v) is 4.57. The lowest BCUT2D eigenvalue weighted by molar-refractivity contribution is -0.140. The molecule has 1 amide bonds. The number of halogens is 3. The van der Waals surface area contributed by atoms with Crippen LogP contribution >= 0.6 is 34.8 Å². The van der Waals surface area contributed by atoms with Gasteiger partial charge in [-0.15, -0.1) is 0 Å². The first-order valence-corrected chi connectivity index (χ1v) is 6.04. The number of aliphatic carboxylic acids is 1. The van der Waals surface area contributed by atoms with Crippen molar-refractivity contribution in [1.29, 1.82) is 0 Å². The molecule has 0 aliphatic carbocycles. The van der Waals surface area contributed by atoms with Crippen LogP contribution in [0.15, 0.2) is 6.20 Å². The van der Waals surface area contributed by atoms with E-state index in [9.17, 15) is 9.59 Å². The summed E-state index contributed by atoms with van der Waals surface area (Å²) in [6, 6.07) is -1.22. The molecule has 1 aromatic rings. The Morgan fingerprint density at radius 3 is 2.58 bits per heavy atom. The van der Waals surface area contributed by atoms with Crippen LogP contribution in [0.2, 0.25) is 15.1 Å². The molecule has 104 valence electrons. The molecule has 0 fully saturated rings. The van der Waals surface area contributed by atoms with E-state index in [2.05, 4.69) is 15.0 Å². The molecule has 1 aromatic heterocycles. The first-order valence-electron chi connectivity index (χ1n) is 4.90. The molecule has 9 heteroatoms. The van der Waals surface area contributed by atoms with Crippen molar-refractivity contribution in [2.24, 2.45) is 0 Å². The highest BCUT2D eigenvalue weighted by molar-refractivity contribution is 6.48. The normalized spacial score (nSPS) is 12.0. The Bertz CT molecular complexity index is 510. The minimum absolute atomic E-state index is 0.0258. The highest BCUT2D eigenvalue weighted by atomic mass is 35.5. The lowest BCUT2D eigenvalue weighted by Gasteiger charge is -2.14. The van der Waals surface area contributed by atoms with E-state index in [0.29, 0.717) is 0 Å². The Morgan fingerprint density at radius 1 is 1.42 bits per heavy atom. The van der Waals surface area contributed by atoms with Gasteiger partial charge in [0.25, 0.3) is 5.91 Å². The molecule has 0 saturated heterocycles. The molecule has 0 aliphatic heterocycles. The molecule has 1 unspecified atom stereocenters. The van der Waals surface area contributed by atoms with Crippen molar-refractivity contribution in [1.82, 2.24) is 10.3 Å². The third-order valence-corrected chi connectivity index (χ3v) is 3.31. The van der Waals surface area contributed by atoms with Gasteiger partial charge in [0, 0.05) is 13.3 Å². The van der Waals surface area contributed by atoms with Gasteiger partial charge in [-0.3, -0.25) is 4.79 Å². The Balaban J connectivity index is 2.95. The number of amides is 1. The van der Waals surface area contributed by atoms with Crippen molar-refractivity contribution in [3.8, 4) is 0 Å². The molecule has 1 atom stereocenters. The van der Waals surface area contributed by atoms with E-state index in [1.54, 1.807) is 0 Å². The lowest BCUT2D eigenvalue weighted by Crippen LogP contribution is -2.44. The Hall–Kier alpha value is -1.08. The number of pyridine rings is 1. The zero-order valence-electron chi connectivity index (χ0n) is 9.61. The maximum Gasteiger partial charge on any atom is 0.328 e. The molecule has 0 saturated carbocycles. The number of aromatic nitrogens is 1. The first-order chi connectivity index (χ1) is 8.88. The minimum atomic E-state index is -1.24. The Kier molecular flexibility index (Phi) is 5.81. The minimum Gasteiger partial charge on any atom is -0.480 e. The van der Waals surface area contributed by atoms with Crippen molar-refractivity contribution in [2.75, 3.05) is 13.7 Å². The van der Waals surface area contributed by atoms with Gasteiger partial charge >= 0.3 is 5.97 Å². The second-order valence-electron chi connectivity index (χ2n) is 3.40. The zero-order chi connectivity index (χ0) is 14.6. The lowest BCUT2D eigenvalue weighted by atomic mass is 10.2. The fraction of sp³-hybridized carbons (Fsp3) is 0.300. The smallest absolute Gasteiger partial charge is 0.328 e. The van der Waals surface area contributed by atoms with E-state index in [0.717, 1.165) is 6.20 Å². The van der Waals surface area contributed by atoms with E-state index in [4.69, 9.17) is 39.9 Å². The Morgan fingerprint density at radius 2 is 2.05 bits per heavy atom. The molecule has 0 spiro atoms. The van der Waals surface area contributed by atoms with Crippen molar-refractivity contribution in [3.63, 3.8) is 0 Å². The third kappa shape index (κ3) is 3.94. The van der Waals surface area contributed by atoms with Crippen molar-refractivity contribution in [3.05, 3.63) is 27.0 Å². The molecule has 6 nitrogen and oxygen atoms in total. The molecule has 0 radical (unpaired) electrons. The molecular weight excluding hydrogens is 318 g/mol. The number of rotatable bonds is 5. The number of carbonyl (C=O) groups excluding carboxylic acids is 1. The van der Waals surface area contributed by atoms with Crippen molar-refractivity contribution in [2.45, 2.75) is 6.04 Å². The van der Waals surface area contributed by atoms with Crippen LogP contribution in [0.1, 0.15) is 10.5 Å². The third-order valence-electron chi connectivity index (χ3n) is 2.07. The number of hydrogen-bond acceptors (Lipinski definition) is 4. The summed E-state index contributed by atoms with van der Waals surface area (Å²) in [5.41, 5.74) is -0.210. The topological polar surface area (TPSA) is 88.5 Å². The second kappa shape index (κ2) is 6.91. The summed E-state index contributed by atoms with van der Waals surface area (Å²) in [6.07, 6.45) is 1.15. The SMILES string of the molecule is COCC(NC(=O)c1ncc(Cl)c(Cl)c1Cl)C(=O)O. The number of carbonyl (C=O) groups is 2. The summed E-state index contributed by atoms with van der Waals surface area (Å²) < 4.78 is 4.68. The number of hydrogen-bond donors (Lipinski definition) is 2. The van der Waals surface area contributed by atoms with Crippen LogP contribution in [0.5, 0.6) is 0 Å². The summed E-state index contributed by atoms with van der Waals surface area (Å²) in [5, 5.41) is 11.0. The van der Waals surface area contributed by atoms with E-state index < -0.39 is 17.9 Å². The fourth-order valence-corrected chi connectivity index (χ4v) is 1.74. The number of carboxylic acid groups (broad SMARTS) is 1. The summed E-state index contributed by atoms with van der Waals surface area (Å²) >= 11 is 17.2. The standard InChI is InChI=1S/C10H9Cl3N2O4/c1-19-3-5(10(17)18)15-9(16)8-7(13)6(12)4(11)2-14-8/h2,5H,3H2,1H3,(H,15,16)(H,17,18). The van der Waals surface area contributed by atoms with Gasteiger partial charge in [0.15, 0.2) is 6.04 Å². The van der Waals surface area contributed by atoms with Gasteiger partial charge in [-0.2, -0.15) is 0 Å². The highest BCUT2D eigenvalue weighted by Crippen LogP contribution is 2.30. The fourth-order valence-electron chi connectivity index (χ4n) is 1.17. The quantitative estimate of drug-likeness (QED) is 0.862. The monoisotopic (exact) mass is 326 g/mol. The van der Waals surface area contributed by atoms with Gasteiger partial charge in [0.2, 0.25) is 0 Å². The van der Waals surface area contributed by atoms with Crippen LogP contribution in [0, 0.1) is 0 Å². The highest BCUT2D eigenvalue weighted by Gasteiger charge is 2.23. The molecule has 2 N–H and O–H groups in total.